The predicted octanol–water partition coefficient (Wildman–Crippen LogP) is 2.69. The van der Waals surface area contributed by atoms with Crippen molar-refractivity contribution < 1.29 is 14.3 Å². The van der Waals surface area contributed by atoms with E-state index in [2.05, 4.69) is 6.92 Å². The first-order valence-corrected chi connectivity index (χ1v) is 6.97. The molecule has 0 saturated carbocycles. The van der Waals surface area contributed by atoms with Gasteiger partial charge in [-0.05, 0) is 24.6 Å². The minimum atomic E-state index is -1.26. The Labute approximate surface area is 117 Å². The van der Waals surface area contributed by atoms with E-state index in [0.29, 0.717) is 24.8 Å². The number of hydrogen-bond acceptors (Lipinski definition) is 3. The summed E-state index contributed by atoms with van der Waals surface area (Å²) in [4.78, 5) is 14.4. The highest BCUT2D eigenvalue weighted by atomic mass is 35.5. The number of unbranched alkanes of at least 4 members (excludes halogenated alkanes) is 1. The number of nitrogens with zero attached hydrogens (tertiary/aromatic N) is 1. The summed E-state index contributed by atoms with van der Waals surface area (Å²) in [5.41, 5.74) is 1.59. The van der Waals surface area contributed by atoms with E-state index in [1.165, 1.54) is 0 Å². The van der Waals surface area contributed by atoms with Gasteiger partial charge < -0.3 is 14.4 Å². The number of anilines is 1. The van der Waals surface area contributed by atoms with E-state index >= 15 is 0 Å². The van der Waals surface area contributed by atoms with Crippen molar-refractivity contribution in [3.63, 3.8) is 0 Å². The normalized spacial score (nSPS) is 20.3. The minimum absolute atomic E-state index is 0.129. The van der Waals surface area contributed by atoms with Gasteiger partial charge in [0.1, 0.15) is 0 Å². The molecule has 4 nitrogen and oxygen atoms in total. The van der Waals surface area contributed by atoms with Gasteiger partial charge in [-0.3, -0.25) is 4.79 Å². The molecule has 0 aliphatic carbocycles. The molecule has 1 spiro atoms. The van der Waals surface area contributed by atoms with E-state index in [0.717, 1.165) is 24.1 Å². The van der Waals surface area contributed by atoms with Crippen LogP contribution in [0.4, 0.5) is 5.69 Å². The van der Waals surface area contributed by atoms with Crippen molar-refractivity contribution in [1.29, 1.82) is 0 Å². The summed E-state index contributed by atoms with van der Waals surface area (Å²) in [5.74, 6) is -1.38. The second-order valence-corrected chi connectivity index (χ2v) is 5.22. The van der Waals surface area contributed by atoms with E-state index in [1.807, 2.05) is 6.07 Å². The number of halogens is 1. The number of benzene rings is 1. The van der Waals surface area contributed by atoms with Crippen molar-refractivity contribution in [2.24, 2.45) is 0 Å². The average Bonchev–Trinajstić information content (AvgIpc) is 2.97. The maximum absolute atomic E-state index is 12.6. The van der Waals surface area contributed by atoms with Crippen molar-refractivity contribution in [1.82, 2.24) is 0 Å². The van der Waals surface area contributed by atoms with Crippen LogP contribution in [0.2, 0.25) is 5.02 Å². The van der Waals surface area contributed by atoms with Crippen molar-refractivity contribution in [3.8, 4) is 0 Å². The topological polar surface area (TPSA) is 38.8 Å². The number of hydrogen-bond donors (Lipinski definition) is 0. The average molecular weight is 282 g/mol. The Hall–Kier alpha value is -1.10. The van der Waals surface area contributed by atoms with Crippen LogP contribution in [0.25, 0.3) is 0 Å². The Kier molecular flexibility index (Phi) is 3.25. The highest BCUT2D eigenvalue weighted by Gasteiger charge is 2.55. The van der Waals surface area contributed by atoms with Gasteiger partial charge in [0.15, 0.2) is 0 Å². The lowest BCUT2D eigenvalue weighted by molar-refractivity contribution is -0.180. The van der Waals surface area contributed by atoms with E-state index in [4.69, 9.17) is 21.1 Å². The summed E-state index contributed by atoms with van der Waals surface area (Å²) in [7, 11) is 0. The molecular formula is C14H16ClNO3. The second-order valence-electron chi connectivity index (χ2n) is 4.79. The van der Waals surface area contributed by atoms with Gasteiger partial charge in [0.05, 0.1) is 18.9 Å². The van der Waals surface area contributed by atoms with E-state index in [-0.39, 0.29) is 5.91 Å². The predicted molar refractivity (Wildman–Crippen MR) is 72.3 cm³/mol. The summed E-state index contributed by atoms with van der Waals surface area (Å²) in [6, 6.07) is 5.43. The van der Waals surface area contributed by atoms with E-state index in [1.54, 1.807) is 17.0 Å². The molecule has 0 N–H and O–H groups in total. The summed E-state index contributed by atoms with van der Waals surface area (Å²) >= 11 is 6.04. The summed E-state index contributed by atoms with van der Waals surface area (Å²) < 4.78 is 11.3. The molecule has 2 aliphatic heterocycles. The molecule has 1 fully saturated rings. The monoisotopic (exact) mass is 281 g/mol. The number of rotatable bonds is 3. The van der Waals surface area contributed by atoms with Crippen LogP contribution in [0.1, 0.15) is 25.3 Å². The van der Waals surface area contributed by atoms with Gasteiger partial charge in [-0.1, -0.05) is 24.9 Å². The fourth-order valence-corrected chi connectivity index (χ4v) is 2.81. The Balaban J connectivity index is 2.06. The Bertz CT molecular complexity index is 511. The molecule has 5 heteroatoms. The van der Waals surface area contributed by atoms with Crippen molar-refractivity contribution in [2.45, 2.75) is 25.6 Å². The fraction of sp³-hybridized carbons (Fsp3) is 0.500. The second kappa shape index (κ2) is 4.78. The van der Waals surface area contributed by atoms with Crippen molar-refractivity contribution >= 4 is 23.2 Å². The standard InChI is InChI=1S/C14H16ClNO3/c1-2-3-6-16-12-5-4-10(15)9-11(12)14(13(16)17)18-7-8-19-14/h4-5,9H,2-3,6-8H2,1H3. The van der Waals surface area contributed by atoms with Crippen LogP contribution in [0.5, 0.6) is 0 Å². The molecule has 19 heavy (non-hydrogen) atoms. The highest BCUT2D eigenvalue weighted by Crippen LogP contribution is 2.46. The molecule has 1 amide bonds. The summed E-state index contributed by atoms with van der Waals surface area (Å²) in [5, 5.41) is 0.586. The zero-order chi connectivity index (χ0) is 13.5. The van der Waals surface area contributed by atoms with Crippen molar-refractivity contribution in [2.75, 3.05) is 24.7 Å². The van der Waals surface area contributed by atoms with Gasteiger partial charge in [0.2, 0.25) is 0 Å². The SMILES string of the molecule is CCCCN1C(=O)C2(OCCO2)c2cc(Cl)ccc21. The molecule has 1 saturated heterocycles. The molecular weight excluding hydrogens is 266 g/mol. The molecule has 0 aromatic heterocycles. The first-order chi connectivity index (χ1) is 9.19. The molecule has 0 bridgehead atoms. The third-order valence-corrected chi connectivity index (χ3v) is 3.80. The number of carbonyl (C=O) groups is 1. The van der Waals surface area contributed by atoms with Gasteiger partial charge in [-0.2, -0.15) is 0 Å². The zero-order valence-corrected chi connectivity index (χ0v) is 11.6. The van der Waals surface area contributed by atoms with Crippen LogP contribution in [0.3, 0.4) is 0 Å². The van der Waals surface area contributed by atoms with Crippen LogP contribution < -0.4 is 4.90 Å². The first kappa shape index (κ1) is 12.9. The molecule has 2 aliphatic rings. The van der Waals surface area contributed by atoms with E-state index in [9.17, 15) is 4.79 Å². The Morgan fingerprint density at radius 2 is 2.11 bits per heavy atom. The zero-order valence-electron chi connectivity index (χ0n) is 10.8. The first-order valence-electron chi connectivity index (χ1n) is 6.59. The largest absolute Gasteiger partial charge is 0.336 e. The highest BCUT2D eigenvalue weighted by molar-refractivity contribution is 6.31. The van der Waals surface area contributed by atoms with Gasteiger partial charge in [-0.25, -0.2) is 0 Å². The molecule has 2 heterocycles. The fourth-order valence-electron chi connectivity index (χ4n) is 2.64. The van der Waals surface area contributed by atoms with Crippen LogP contribution in [0, 0.1) is 0 Å². The maximum Gasteiger partial charge on any atom is 0.292 e. The number of carbonyl (C=O) groups excluding carboxylic acids is 1. The van der Waals surface area contributed by atoms with Crippen LogP contribution in [-0.4, -0.2) is 25.7 Å². The third-order valence-electron chi connectivity index (χ3n) is 3.56. The van der Waals surface area contributed by atoms with Crippen LogP contribution in [0.15, 0.2) is 18.2 Å². The molecule has 0 unspecified atom stereocenters. The number of amides is 1. The summed E-state index contributed by atoms with van der Waals surface area (Å²) in [6.45, 7) is 3.64. The molecule has 102 valence electrons. The smallest absolute Gasteiger partial charge is 0.292 e. The third kappa shape index (κ3) is 1.86. The minimum Gasteiger partial charge on any atom is -0.336 e. The lowest BCUT2D eigenvalue weighted by Crippen LogP contribution is -2.41. The Morgan fingerprint density at radius 1 is 1.37 bits per heavy atom. The quantitative estimate of drug-likeness (QED) is 0.855. The van der Waals surface area contributed by atoms with Gasteiger partial charge in [0.25, 0.3) is 11.7 Å². The van der Waals surface area contributed by atoms with Crippen LogP contribution in [-0.2, 0) is 20.1 Å². The molecule has 3 rings (SSSR count). The van der Waals surface area contributed by atoms with E-state index < -0.39 is 5.79 Å². The summed E-state index contributed by atoms with van der Waals surface area (Å²) in [6.07, 6.45) is 1.98. The Morgan fingerprint density at radius 3 is 2.79 bits per heavy atom. The lowest BCUT2D eigenvalue weighted by atomic mass is 10.1. The lowest BCUT2D eigenvalue weighted by Gasteiger charge is -2.21. The van der Waals surface area contributed by atoms with Crippen molar-refractivity contribution in [3.05, 3.63) is 28.8 Å². The maximum atomic E-state index is 12.6. The van der Waals surface area contributed by atoms with Crippen LogP contribution >= 0.6 is 11.6 Å². The van der Waals surface area contributed by atoms with Gasteiger partial charge >= 0.3 is 0 Å². The van der Waals surface area contributed by atoms with Gasteiger partial charge in [0, 0.05) is 17.1 Å². The van der Waals surface area contributed by atoms with Gasteiger partial charge in [-0.15, -0.1) is 0 Å². The molecule has 0 atom stereocenters. The number of fused-ring (bicyclic) bond motifs is 2. The molecule has 1 aromatic carbocycles. The number of ether oxygens (including phenoxy) is 2. The molecule has 0 radical (unpaired) electrons. The molecule has 1 aromatic rings.